The Morgan fingerprint density at radius 3 is 1.25 bits per heavy atom. The van der Waals surface area contributed by atoms with E-state index in [0.29, 0.717) is 5.41 Å². The van der Waals surface area contributed by atoms with Gasteiger partial charge >= 0.3 is 8.56 Å². The highest BCUT2D eigenvalue weighted by Gasteiger charge is 2.38. The smallest absolute Gasteiger partial charge is 0.337 e. The predicted molar refractivity (Wildman–Crippen MR) is 125 cm³/mol. The van der Waals surface area contributed by atoms with Gasteiger partial charge in [-0.3, -0.25) is 0 Å². The predicted octanol–water partition coefficient (Wildman–Crippen LogP) is 4.14. The summed E-state index contributed by atoms with van der Waals surface area (Å²) in [6.45, 7) is 5.75. The average Bonchev–Trinajstić information content (AvgIpc) is 2.62. The summed E-state index contributed by atoms with van der Waals surface area (Å²) in [7, 11) is 14.8. The van der Waals surface area contributed by atoms with Crippen LogP contribution in [0.2, 0.25) is 12.1 Å². The molecule has 0 aliphatic heterocycles. The molecule has 0 aromatic rings. The molecule has 5 nitrogen and oxygen atoms in total. The summed E-state index contributed by atoms with van der Waals surface area (Å²) in [6, 6.07) is 2.14. The summed E-state index contributed by atoms with van der Waals surface area (Å²) in [5.41, 5.74) is 0.409. The van der Waals surface area contributed by atoms with Crippen molar-refractivity contribution in [3.05, 3.63) is 0 Å². The fraction of sp³-hybridized carbons (Fsp3) is 1.00. The Kier molecular flexibility index (Phi) is 14.9. The van der Waals surface area contributed by atoms with Crippen LogP contribution in [0.15, 0.2) is 0 Å². The van der Waals surface area contributed by atoms with E-state index in [9.17, 15) is 0 Å². The monoisotopic (exact) mass is 417 g/mol. The Labute approximate surface area is 178 Å². The molecule has 0 saturated carbocycles. The molecule has 0 N–H and O–H groups in total. The van der Waals surface area contributed by atoms with Crippen LogP contribution in [0.3, 0.4) is 0 Å². The van der Waals surface area contributed by atoms with Crippen molar-refractivity contribution < 1.29 is 8.85 Å². The van der Waals surface area contributed by atoms with Crippen LogP contribution in [0.5, 0.6) is 0 Å². The largest absolute Gasteiger partial charge is 0.398 e. The highest BCUT2D eigenvalue weighted by atomic mass is 28.4. The van der Waals surface area contributed by atoms with Gasteiger partial charge in [-0.25, -0.2) is 0 Å². The highest BCUT2D eigenvalue weighted by molar-refractivity contribution is 6.67. The normalized spacial score (nSPS) is 13.3. The quantitative estimate of drug-likeness (QED) is 0.313. The molecule has 0 radical (unpaired) electrons. The van der Waals surface area contributed by atoms with E-state index in [0.717, 1.165) is 12.1 Å². The second-order valence-corrected chi connectivity index (χ2v) is 13.2. The lowest BCUT2D eigenvalue weighted by molar-refractivity contribution is 0.160. The zero-order valence-corrected chi connectivity index (χ0v) is 21.6. The van der Waals surface area contributed by atoms with Crippen molar-refractivity contribution in [2.24, 2.45) is 5.41 Å². The van der Waals surface area contributed by atoms with E-state index < -0.39 is 8.56 Å². The number of hydrogen-bond acceptors (Lipinski definition) is 5. The molecular weight excluding hydrogens is 366 g/mol. The topological polar surface area (TPSA) is 28.2 Å². The van der Waals surface area contributed by atoms with Crippen molar-refractivity contribution in [2.45, 2.75) is 64.0 Å². The van der Waals surface area contributed by atoms with Gasteiger partial charge in [-0.15, -0.1) is 0 Å². The SMILES string of the molecule is CC[Si](CCC(CCCN(C)C)(CCCN(C)C)CCCN(C)C)(OC)OC. The zero-order chi connectivity index (χ0) is 21.6. The molecule has 0 amide bonds. The van der Waals surface area contributed by atoms with Crippen LogP contribution < -0.4 is 0 Å². The maximum absolute atomic E-state index is 5.95. The van der Waals surface area contributed by atoms with Gasteiger partial charge in [0, 0.05) is 14.2 Å². The third kappa shape index (κ3) is 11.9. The molecule has 170 valence electrons. The van der Waals surface area contributed by atoms with Crippen LogP contribution in [-0.4, -0.2) is 99.4 Å². The molecule has 0 saturated heterocycles. The molecule has 0 aliphatic carbocycles. The van der Waals surface area contributed by atoms with Gasteiger partial charge in [0.1, 0.15) is 0 Å². The minimum absolute atomic E-state index is 0.409. The summed E-state index contributed by atoms with van der Waals surface area (Å²) in [6.07, 6.45) is 9.00. The van der Waals surface area contributed by atoms with Crippen molar-refractivity contribution >= 4 is 8.56 Å². The van der Waals surface area contributed by atoms with Crippen molar-refractivity contribution in [3.8, 4) is 0 Å². The molecule has 28 heavy (non-hydrogen) atoms. The van der Waals surface area contributed by atoms with Gasteiger partial charge in [-0.2, -0.15) is 0 Å². The summed E-state index contributed by atoms with van der Waals surface area (Å²) in [5.74, 6) is 0. The first-order valence-corrected chi connectivity index (χ1v) is 13.4. The number of rotatable bonds is 18. The highest BCUT2D eigenvalue weighted by Crippen LogP contribution is 2.42. The average molecular weight is 418 g/mol. The lowest BCUT2D eigenvalue weighted by Gasteiger charge is -2.38. The van der Waals surface area contributed by atoms with Crippen molar-refractivity contribution in [2.75, 3.05) is 76.1 Å². The Balaban J connectivity index is 5.30. The Bertz CT molecular complexity index is 330. The molecule has 0 aliphatic rings. The molecule has 0 heterocycles. The van der Waals surface area contributed by atoms with Gasteiger partial charge in [0.05, 0.1) is 0 Å². The molecule has 6 heteroatoms. The van der Waals surface area contributed by atoms with E-state index in [4.69, 9.17) is 8.85 Å². The van der Waals surface area contributed by atoms with Crippen molar-refractivity contribution in [3.63, 3.8) is 0 Å². The minimum Gasteiger partial charge on any atom is -0.398 e. The van der Waals surface area contributed by atoms with Gasteiger partial charge in [-0.1, -0.05) is 6.92 Å². The standard InChI is InChI=1S/C22H51N3O2Si/c1-10-28(26-8,27-9)21-17-22(14-11-18-23(2)3,15-12-19-24(4)5)16-13-20-25(6)7/h10-21H2,1-9H3. The van der Waals surface area contributed by atoms with E-state index in [-0.39, 0.29) is 0 Å². The van der Waals surface area contributed by atoms with Crippen LogP contribution in [0.25, 0.3) is 0 Å². The minimum atomic E-state index is -2.04. The Morgan fingerprint density at radius 2 is 1.00 bits per heavy atom. The first-order chi connectivity index (χ1) is 13.1. The fourth-order valence-electron chi connectivity index (χ4n) is 4.27. The Morgan fingerprint density at radius 1 is 0.643 bits per heavy atom. The molecule has 0 atom stereocenters. The van der Waals surface area contributed by atoms with Crippen LogP contribution in [0.1, 0.15) is 51.9 Å². The van der Waals surface area contributed by atoms with Gasteiger partial charge in [0.15, 0.2) is 0 Å². The fourth-order valence-corrected chi connectivity index (χ4v) is 6.69. The molecular formula is C22H51N3O2Si. The van der Waals surface area contributed by atoms with E-state index >= 15 is 0 Å². The first-order valence-electron chi connectivity index (χ1n) is 11.2. The van der Waals surface area contributed by atoms with Crippen LogP contribution in [-0.2, 0) is 8.85 Å². The van der Waals surface area contributed by atoms with Gasteiger partial charge < -0.3 is 23.6 Å². The van der Waals surface area contributed by atoms with Crippen LogP contribution >= 0.6 is 0 Å². The third-order valence-corrected chi connectivity index (χ3v) is 9.83. The van der Waals surface area contributed by atoms with E-state index in [1.807, 2.05) is 14.2 Å². The van der Waals surface area contributed by atoms with Crippen molar-refractivity contribution in [1.29, 1.82) is 0 Å². The van der Waals surface area contributed by atoms with Crippen LogP contribution in [0.4, 0.5) is 0 Å². The lowest BCUT2D eigenvalue weighted by atomic mass is 9.73. The van der Waals surface area contributed by atoms with Crippen LogP contribution in [0, 0.1) is 5.41 Å². The molecule has 0 rings (SSSR count). The third-order valence-electron chi connectivity index (χ3n) is 6.26. The molecule has 0 spiro atoms. The zero-order valence-electron chi connectivity index (χ0n) is 20.6. The number of nitrogens with zero attached hydrogens (tertiary/aromatic N) is 3. The summed E-state index contributed by atoms with van der Waals surface area (Å²) >= 11 is 0. The van der Waals surface area contributed by atoms with Gasteiger partial charge in [0.2, 0.25) is 0 Å². The Hall–Kier alpha value is 0.0169. The maximum Gasteiger partial charge on any atom is 0.337 e. The summed E-state index contributed by atoms with van der Waals surface area (Å²) in [5, 5.41) is 0. The molecule has 0 fully saturated rings. The van der Waals surface area contributed by atoms with Gasteiger partial charge in [0.25, 0.3) is 0 Å². The van der Waals surface area contributed by atoms with E-state index in [2.05, 4.69) is 63.9 Å². The van der Waals surface area contributed by atoms with Gasteiger partial charge in [-0.05, 0) is 124 Å². The second-order valence-electron chi connectivity index (χ2n) is 9.39. The molecule has 0 aromatic carbocycles. The van der Waals surface area contributed by atoms with Crippen molar-refractivity contribution in [1.82, 2.24) is 14.7 Å². The second kappa shape index (κ2) is 14.9. The lowest BCUT2D eigenvalue weighted by Crippen LogP contribution is -2.41. The first kappa shape index (κ1) is 28.0. The van der Waals surface area contributed by atoms with E-state index in [1.165, 1.54) is 64.6 Å². The van der Waals surface area contributed by atoms with E-state index in [1.54, 1.807) is 0 Å². The molecule has 0 unspecified atom stereocenters. The molecule has 0 bridgehead atoms. The maximum atomic E-state index is 5.95. The number of hydrogen-bond donors (Lipinski definition) is 0. The molecule has 0 aromatic heterocycles. The summed E-state index contributed by atoms with van der Waals surface area (Å²) < 4.78 is 11.9. The summed E-state index contributed by atoms with van der Waals surface area (Å²) in [4.78, 5) is 6.96.